The Bertz CT molecular complexity index is 1010. The van der Waals surface area contributed by atoms with Crippen LogP contribution in [0.4, 0.5) is 0 Å². The van der Waals surface area contributed by atoms with E-state index in [0.717, 1.165) is 29.4 Å². The molecule has 1 saturated carbocycles. The molecule has 2 aromatic carbocycles. The predicted molar refractivity (Wildman–Crippen MR) is 115 cm³/mol. The van der Waals surface area contributed by atoms with E-state index >= 15 is 0 Å². The fourth-order valence-corrected chi connectivity index (χ4v) is 5.00. The average Bonchev–Trinajstić information content (AvgIpc) is 3.16. The van der Waals surface area contributed by atoms with Crippen LogP contribution in [0.1, 0.15) is 60.7 Å². The van der Waals surface area contributed by atoms with Gasteiger partial charge in [-0.05, 0) is 42.9 Å². The topological polar surface area (TPSA) is 54.9 Å². The number of aromatic nitrogens is 2. The first-order valence-corrected chi connectivity index (χ1v) is 10.9. The molecule has 0 saturated heterocycles. The van der Waals surface area contributed by atoms with Gasteiger partial charge in [0.15, 0.2) is 0 Å². The van der Waals surface area contributed by atoms with Gasteiger partial charge in [-0.1, -0.05) is 61.7 Å². The van der Waals surface area contributed by atoms with E-state index < -0.39 is 0 Å². The third-order valence-electron chi connectivity index (χ3n) is 6.41. The Labute approximate surface area is 171 Å². The molecule has 0 atom stereocenters. The van der Waals surface area contributed by atoms with Crippen molar-refractivity contribution >= 4 is 16.8 Å². The minimum Gasteiger partial charge on any atom is -0.352 e. The monoisotopic (exact) mass is 385 g/mol. The summed E-state index contributed by atoms with van der Waals surface area (Å²) in [6.45, 7) is 0. The molecule has 3 aromatic rings. The predicted octanol–water partition coefficient (Wildman–Crippen LogP) is 4.50. The summed E-state index contributed by atoms with van der Waals surface area (Å²) in [4.78, 5) is 22.4. The molecule has 0 unspecified atom stereocenters. The number of nitrogens with one attached hydrogen (secondary N) is 1. The number of para-hydroxylation sites is 1. The number of nitrogens with zero attached hydrogens (tertiary/aromatic N) is 2. The van der Waals surface area contributed by atoms with Crippen LogP contribution in [0.25, 0.3) is 10.9 Å². The quantitative estimate of drug-likeness (QED) is 0.719. The summed E-state index contributed by atoms with van der Waals surface area (Å²) in [7, 11) is 0. The van der Waals surface area contributed by atoms with Crippen molar-refractivity contribution in [2.45, 2.75) is 63.3 Å². The zero-order valence-corrected chi connectivity index (χ0v) is 16.7. The lowest BCUT2D eigenvalue weighted by molar-refractivity contribution is -0.121. The van der Waals surface area contributed by atoms with Crippen molar-refractivity contribution in [3.05, 3.63) is 71.2 Å². The van der Waals surface area contributed by atoms with Crippen molar-refractivity contribution in [1.82, 2.24) is 15.3 Å². The average molecular weight is 386 g/mol. The van der Waals surface area contributed by atoms with Crippen molar-refractivity contribution < 1.29 is 4.79 Å². The molecule has 5 rings (SSSR count). The molecule has 1 heterocycles. The lowest BCUT2D eigenvalue weighted by atomic mass is 9.85. The second kappa shape index (κ2) is 7.94. The van der Waals surface area contributed by atoms with E-state index in [0.29, 0.717) is 11.7 Å². The number of carbonyl (C=O) groups excluding carboxylic acids is 1. The Hall–Kier alpha value is -2.75. The van der Waals surface area contributed by atoms with E-state index in [2.05, 4.69) is 41.7 Å². The third-order valence-corrected chi connectivity index (χ3v) is 6.41. The number of fused-ring (bicyclic) bond motifs is 2. The lowest BCUT2D eigenvalue weighted by Gasteiger charge is -2.22. The highest BCUT2D eigenvalue weighted by Gasteiger charge is 2.24. The maximum atomic E-state index is 12.8. The molecule has 0 aliphatic heterocycles. The van der Waals surface area contributed by atoms with Gasteiger partial charge < -0.3 is 5.32 Å². The highest BCUT2D eigenvalue weighted by Crippen LogP contribution is 2.35. The van der Waals surface area contributed by atoms with E-state index in [1.165, 1.54) is 43.2 Å². The van der Waals surface area contributed by atoms with Crippen LogP contribution in [-0.4, -0.2) is 21.9 Å². The fourth-order valence-electron chi connectivity index (χ4n) is 5.00. The van der Waals surface area contributed by atoms with Crippen molar-refractivity contribution in [3.63, 3.8) is 0 Å². The van der Waals surface area contributed by atoms with Gasteiger partial charge in [0, 0.05) is 17.3 Å². The molecule has 2 aliphatic carbocycles. The van der Waals surface area contributed by atoms with Gasteiger partial charge in [0.1, 0.15) is 5.82 Å². The van der Waals surface area contributed by atoms with Crippen molar-refractivity contribution in [2.75, 3.05) is 0 Å². The Balaban J connectivity index is 1.34. The van der Waals surface area contributed by atoms with Crippen molar-refractivity contribution in [2.24, 2.45) is 0 Å². The zero-order valence-electron chi connectivity index (χ0n) is 16.7. The van der Waals surface area contributed by atoms with Gasteiger partial charge in [0.25, 0.3) is 0 Å². The Morgan fingerprint density at radius 2 is 1.59 bits per heavy atom. The maximum absolute atomic E-state index is 12.8. The fraction of sp³-hybridized carbons (Fsp3) is 0.400. The smallest absolute Gasteiger partial charge is 0.227 e. The number of hydrogen-bond acceptors (Lipinski definition) is 3. The molecule has 2 aliphatic rings. The Kier molecular flexibility index (Phi) is 5.01. The second-order valence-electron chi connectivity index (χ2n) is 8.50. The molecule has 4 heteroatoms. The molecule has 148 valence electrons. The molecule has 0 bridgehead atoms. The van der Waals surface area contributed by atoms with Crippen LogP contribution in [0.5, 0.6) is 0 Å². The SMILES string of the molecule is O=C(Cc1nc(C2CCCCC2)c2ccccc2n1)NC1Cc2ccccc2C1. The molecular formula is C25H27N3O. The summed E-state index contributed by atoms with van der Waals surface area (Å²) in [5.41, 5.74) is 4.80. The van der Waals surface area contributed by atoms with Gasteiger partial charge in [-0.15, -0.1) is 0 Å². The number of amides is 1. The lowest BCUT2D eigenvalue weighted by Crippen LogP contribution is -2.36. The van der Waals surface area contributed by atoms with E-state index in [1.807, 2.05) is 12.1 Å². The number of rotatable bonds is 4. The molecule has 1 aromatic heterocycles. The van der Waals surface area contributed by atoms with Gasteiger partial charge in [0.05, 0.1) is 17.6 Å². The molecule has 29 heavy (non-hydrogen) atoms. The first kappa shape index (κ1) is 18.3. The normalized spacial score (nSPS) is 17.4. The molecular weight excluding hydrogens is 358 g/mol. The van der Waals surface area contributed by atoms with Crippen LogP contribution < -0.4 is 5.32 Å². The summed E-state index contributed by atoms with van der Waals surface area (Å²) in [5, 5.41) is 4.35. The number of benzene rings is 2. The molecule has 1 fully saturated rings. The van der Waals surface area contributed by atoms with Crippen molar-refractivity contribution in [3.8, 4) is 0 Å². The largest absolute Gasteiger partial charge is 0.352 e. The highest BCUT2D eigenvalue weighted by molar-refractivity contribution is 5.83. The molecule has 0 radical (unpaired) electrons. The van der Waals surface area contributed by atoms with E-state index in [4.69, 9.17) is 9.97 Å². The van der Waals surface area contributed by atoms with Crippen LogP contribution in [-0.2, 0) is 24.1 Å². The highest BCUT2D eigenvalue weighted by atomic mass is 16.1. The van der Waals surface area contributed by atoms with Gasteiger partial charge in [-0.3, -0.25) is 4.79 Å². The second-order valence-corrected chi connectivity index (χ2v) is 8.50. The number of carbonyl (C=O) groups is 1. The van der Waals surface area contributed by atoms with Gasteiger partial charge in [0.2, 0.25) is 5.91 Å². The van der Waals surface area contributed by atoms with Crippen LogP contribution in [0.3, 0.4) is 0 Å². The molecule has 1 amide bonds. The molecule has 1 N–H and O–H groups in total. The van der Waals surface area contributed by atoms with Gasteiger partial charge in [-0.2, -0.15) is 0 Å². The summed E-state index contributed by atoms with van der Waals surface area (Å²) in [6.07, 6.45) is 8.29. The first-order chi connectivity index (χ1) is 14.3. The van der Waals surface area contributed by atoms with Crippen molar-refractivity contribution in [1.29, 1.82) is 0 Å². The summed E-state index contributed by atoms with van der Waals surface area (Å²) >= 11 is 0. The minimum absolute atomic E-state index is 0.0210. The third kappa shape index (κ3) is 3.89. The molecule has 0 spiro atoms. The summed E-state index contributed by atoms with van der Waals surface area (Å²) in [5.74, 6) is 1.16. The summed E-state index contributed by atoms with van der Waals surface area (Å²) < 4.78 is 0. The van der Waals surface area contributed by atoms with Crippen LogP contribution in [0.2, 0.25) is 0 Å². The minimum atomic E-state index is 0.0210. The zero-order chi connectivity index (χ0) is 19.6. The van der Waals surface area contributed by atoms with E-state index in [1.54, 1.807) is 0 Å². The Morgan fingerprint density at radius 1 is 0.897 bits per heavy atom. The summed E-state index contributed by atoms with van der Waals surface area (Å²) in [6, 6.07) is 16.9. The standard InChI is InChI=1S/C25H27N3O/c29-24(26-20-14-18-10-4-5-11-19(18)15-20)16-23-27-22-13-7-6-12-21(22)25(28-23)17-8-2-1-3-9-17/h4-7,10-13,17,20H,1-3,8-9,14-16H2,(H,26,29). The van der Waals surface area contributed by atoms with Crippen LogP contribution in [0.15, 0.2) is 48.5 Å². The number of hydrogen-bond donors (Lipinski definition) is 1. The molecule has 4 nitrogen and oxygen atoms in total. The van der Waals surface area contributed by atoms with E-state index in [9.17, 15) is 4.79 Å². The van der Waals surface area contributed by atoms with Gasteiger partial charge >= 0.3 is 0 Å². The Morgan fingerprint density at radius 3 is 2.34 bits per heavy atom. The first-order valence-electron chi connectivity index (χ1n) is 10.9. The van der Waals surface area contributed by atoms with Crippen LogP contribution in [0, 0.1) is 0 Å². The van der Waals surface area contributed by atoms with Gasteiger partial charge in [-0.25, -0.2) is 9.97 Å². The van der Waals surface area contributed by atoms with Crippen LogP contribution >= 0.6 is 0 Å². The van der Waals surface area contributed by atoms with E-state index in [-0.39, 0.29) is 18.4 Å². The maximum Gasteiger partial charge on any atom is 0.227 e.